The highest BCUT2D eigenvalue weighted by molar-refractivity contribution is 7.09. The molecule has 0 atom stereocenters. The zero-order chi connectivity index (χ0) is 11.7. The predicted molar refractivity (Wildman–Crippen MR) is 65.4 cm³/mol. The standard InChI is InChI=1S/C12H14N2O2S/c15-12-14(8-9-6-7-16-13-9)10-4-2-1-3-5-11(10)17-12/h6-7H,1-5,8H2. The minimum atomic E-state index is 0.139. The van der Waals surface area contributed by atoms with Crippen LogP contribution in [0.5, 0.6) is 0 Å². The maximum atomic E-state index is 12.0. The van der Waals surface area contributed by atoms with Gasteiger partial charge in [0.15, 0.2) is 0 Å². The summed E-state index contributed by atoms with van der Waals surface area (Å²) in [6.45, 7) is 0.543. The molecule has 90 valence electrons. The lowest BCUT2D eigenvalue weighted by molar-refractivity contribution is 0.409. The molecule has 0 saturated heterocycles. The highest BCUT2D eigenvalue weighted by Crippen LogP contribution is 2.23. The van der Waals surface area contributed by atoms with Crippen LogP contribution in [0.15, 0.2) is 21.6 Å². The topological polar surface area (TPSA) is 48.0 Å². The van der Waals surface area contributed by atoms with Gasteiger partial charge in [-0.1, -0.05) is 22.9 Å². The molecule has 0 bridgehead atoms. The lowest BCUT2D eigenvalue weighted by atomic mass is 10.2. The summed E-state index contributed by atoms with van der Waals surface area (Å²) < 4.78 is 6.67. The lowest BCUT2D eigenvalue weighted by Crippen LogP contribution is -2.17. The van der Waals surface area contributed by atoms with Gasteiger partial charge in [-0.25, -0.2) is 0 Å². The van der Waals surface area contributed by atoms with E-state index in [1.807, 2.05) is 10.6 Å². The first kappa shape index (κ1) is 10.8. The zero-order valence-electron chi connectivity index (χ0n) is 9.52. The molecule has 0 aliphatic heterocycles. The van der Waals surface area contributed by atoms with Crippen LogP contribution in [0.1, 0.15) is 35.5 Å². The van der Waals surface area contributed by atoms with Gasteiger partial charge in [-0.05, 0) is 25.7 Å². The van der Waals surface area contributed by atoms with Crippen LogP contribution in [-0.4, -0.2) is 9.72 Å². The number of aryl methyl sites for hydroxylation is 1. The molecule has 3 rings (SSSR count). The summed E-state index contributed by atoms with van der Waals surface area (Å²) in [6, 6.07) is 1.81. The quantitative estimate of drug-likeness (QED) is 0.768. The second-order valence-corrected chi connectivity index (χ2v) is 5.42. The van der Waals surface area contributed by atoms with Crippen LogP contribution in [0.4, 0.5) is 0 Å². The molecule has 0 fully saturated rings. The molecule has 0 unspecified atom stereocenters. The van der Waals surface area contributed by atoms with Crippen LogP contribution in [0.3, 0.4) is 0 Å². The molecule has 17 heavy (non-hydrogen) atoms. The fraction of sp³-hybridized carbons (Fsp3) is 0.500. The second-order valence-electron chi connectivity index (χ2n) is 4.38. The molecule has 0 spiro atoms. The Labute approximate surface area is 103 Å². The van der Waals surface area contributed by atoms with Crippen molar-refractivity contribution in [2.24, 2.45) is 0 Å². The first-order valence-electron chi connectivity index (χ1n) is 5.95. The highest BCUT2D eigenvalue weighted by Gasteiger charge is 2.17. The van der Waals surface area contributed by atoms with Crippen molar-refractivity contribution in [1.29, 1.82) is 0 Å². The molecule has 4 nitrogen and oxygen atoms in total. The van der Waals surface area contributed by atoms with E-state index in [4.69, 9.17) is 4.52 Å². The lowest BCUT2D eigenvalue weighted by Gasteiger charge is -2.05. The third kappa shape index (κ3) is 2.07. The van der Waals surface area contributed by atoms with Gasteiger partial charge in [0.1, 0.15) is 12.0 Å². The molecule has 1 aliphatic carbocycles. The van der Waals surface area contributed by atoms with Crippen LogP contribution in [0.2, 0.25) is 0 Å². The Kier molecular flexibility index (Phi) is 2.84. The van der Waals surface area contributed by atoms with Crippen LogP contribution in [0.25, 0.3) is 0 Å². The SMILES string of the molecule is O=c1sc2c(n1Cc1ccon1)CCCCC2. The third-order valence-electron chi connectivity index (χ3n) is 3.21. The number of hydrogen-bond donors (Lipinski definition) is 0. The van der Waals surface area contributed by atoms with Gasteiger partial charge in [0.25, 0.3) is 0 Å². The van der Waals surface area contributed by atoms with E-state index in [0.717, 1.165) is 18.5 Å². The molecule has 0 amide bonds. The molecule has 0 saturated carbocycles. The van der Waals surface area contributed by atoms with Crippen molar-refractivity contribution in [1.82, 2.24) is 9.72 Å². The van der Waals surface area contributed by atoms with Crippen molar-refractivity contribution >= 4 is 11.3 Å². The van der Waals surface area contributed by atoms with Gasteiger partial charge in [-0.15, -0.1) is 0 Å². The minimum absolute atomic E-state index is 0.139. The second kappa shape index (κ2) is 4.49. The number of thiazole rings is 1. The van der Waals surface area contributed by atoms with Gasteiger partial charge < -0.3 is 4.52 Å². The van der Waals surface area contributed by atoms with E-state index in [1.165, 1.54) is 41.2 Å². The summed E-state index contributed by atoms with van der Waals surface area (Å²) >= 11 is 1.40. The van der Waals surface area contributed by atoms with E-state index in [2.05, 4.69) is 5.16 Å². The summed E-state index contributed by atoms with van der Waals surface area (Å²) in [4.78, 5) is 13.4. The summed E-state index contributed by atoms with van der Waals surface area (Å²) in [6.07, 6.45) is 7.27. The number of nitrogens with zero attached hydrogens (tertiary/aromatic N) is 2. The van der Waals surface area contributed by atoms with Gasteiger partial charge in [0.2, 0.25) is 0 Å². The van der Waals surface area contributed by atoms with Crippen LogP contribution < -0.4 is 4.87 Å². The smallest absolute Gasteiger partial charge is 0.307 e. The number of rotatable bonds is 2. The fourth-order valence-electron chi connectivity index (χ4n) is 2.35. The zero-order valence-corrected chi connectivity index (χ0v) is 10.3. The number of aromatic nitrogens is 2. The molecule has 2 heterocycles. The van der Waals surface area contributed by atoms with E-state index >= 15 is 0 Å². The van der Waals surface area contributed by atoms with Crippen molar-refractivity contribution in [2.75, 3.05) is 0 Å². The Hall–Kier alpha value is -1.36. The Morgan fingerprint density at radius 2 is 2.24 bits per heavy atom. The monoisotopic (exact) mass is 250 g/mol. The maximum absolute atomic E-state index is 12.0. The highest BCUT2D eigenvalue weighted by atomic mass is 32.1. The molecular weight excluding hydrogens is 236 g/mol. The van der Waals surface area contributed by atoms with Crippen LogP contribution in [0, 0.1) is 0 Å². The Balaban J connectivity index is 1.98. The van der Waals surface area contributed by atoms with Crippen molar-refractivity contribution in [3.05, 3.63) is 38.3 Å². The normalized spacial score (nSPS) is 15.5. The van der Waals surface area contributed by atoms with Crippen molar-refractivity contribution < 1.29 is 4.52 Å². The third-order valence-corrected chi connectivity index (χ3v) is 4.29. The van der Waals surface area contributed by atoms with E-state index in [1.54, 1.807) is 6.26 Å². The number of fused-ring (bicyclic) bond motifs is 1. The Morgan fingerprint density at radius 1 is 1.35 bits per heavy atom. The average Bonchev–Trinajstić information content (AvgIpc) is 2.85. The molecule has 2 aromatic heterocycles. The van der Waals surface area contributed by atoms with E-state index in [9.17, 15) is 4.79 Å². The van der Waals surface area contributed by atoms with Crippen LogP contribution >= 0.6 is 11.3 Å². The molecule has 0 aromatic carbocycles. The van der Waals surface area contributed by atoms with Gasteiger partial charge in [-0.3, -0.25) is 9.36 Å². The van der Waals surface area contributed by atoms with Crippen molar-refractivity contribution in [2.45, 2.75) is 38.6 Å². The van der Waals surface area contributed by atoms with Gasteiger partial charge in [0, 0.05) is 16.6 Å². The molecule has 0 radical (unpaired) electrons. The van der Waals surface area contributed by atoms with E-state index in [0.29, 0.717) is 6.54 Å². The summed E-state index contributed by atoms with van der Waals surface area (Å²) in [5.41, 5.74) is 2.04. The van der Waals surface area contributed by atoms with Crippen LogP contribution in [-0.2, 0) is 19.4 Å². The summed E-state index contributed by atoms with van der Waals surface area (Å²) in [7, 11) is 0. The average molecular weight is 250 g/mol. The summed E-state index contributed by atoms with van der Waals surface area (Å²) in [5, 5.41) is 3.87. The first-order chi connectivity index (χ1) is 8.34. The number of hydrogen-bond acceptors (Lipinski definition) is 4. The fourth-order valence-corrected chi connectivity index (χ4v) is 3.42. The minimum Gasteiger partial charge on any atom is -0.364 e. The van der Waals surface area contributed by atoms with Gasteiger partial charge in [0.05, 0.1) is 6.54 Å². The Bertz CT molecular complexity index is 554. The summed E-state index contributed by atoms with van der Waals surface area (Å²) in [5.74, 6) is 0. The predicted octanol–water partition coefficient (Wildman–Crippen LogP) is 2.21. The van der Waals surface area contributed by atoms with E-state index < -0.39 is 0 Å². The molecule has 2 aromatic rings. The first-order valence-corrected chi connectivity index (χ1v) is 6.77. The molecular formula is C12H14N2O2S. The van der Waals surface area contributed by atoms with Crippen molar-refractivity contribution in [3.63, 3.8) is 0 Å². The van der Waals surface area contributed by atoms with E-state index in [-0.39, 0.29) is 4.87 Å². The van der Waals surface area contributed by atoms with Gasteiger partial charge in [-0.2, -0.15) is 0 Å². The largest absolute Gasteiger partial charge is 0.364 e. The maximum Gasteiger partial charge on any atom is 0.307 e. The van der Waals surface area contributed by atoms with Crippen molar-refractivity contribution in [3.8, 4) is 0 Å². The molecule has 5 heteroatoms. The molecule has 0 N–H and O–H groups in total. The molecule has 1 aliphatic rings. The Morgan fingerprint density at radius 3 is 3.06 bits per heavy atom. The van der Waals surface area contributed by atoms with Gasteiger partial charge >= 0.3 is 4.87 Å².